The van der Waals surface area contributed by atoms with Gasteiger partial charge in [-0.25, -0.2) is 4.79 Å². The molecule has 24 heavy (non-hydrogen) atoms. The molecule has 0 atom stereocenters. The van der Waals surface area contributed by atoms with Gasteiger partial charge in [0.2, 0.25) is 5.91 Å². The molecule has 1 fully saturated rings. The van der Waals surface area contributed by atoms with Gasteiger partial charge < -0.3 is 14.8 Å². The number of morpholine rings is 1. The van der Waals surface area contributed by atoms with E-state index < -0.39 is 11.6 Å². The van der Waals surface area contributed by atoms with E-state index in [0.29, 0.717) is 24.2 Å². The van der Waals surface area contributed by atoms with E-state index in [-0.39, 0.29) is 5.91 Å². The van der Waals surface area contributed by atoms with Crippen molar-refractivity contribution in [1.82, 2.24) is 4.90 Å². The molecule has 1 aliphatic heterocycles. The summed E-state index contributed by atoms with van der Waals surface area (Å²) in [5, 5.41) is 2.83. The molecule has 2 rings (SSSR count). The fourth-order valence-electron chi connectivity index (χ4n) is 2.37. The van der Waals surface area contributed by atoms with Crippen molar-refractivity contribution < 1.29 is 19.1 Å². The number of nitrogens with zero attached hydrogens (tertiary/aromatic N) is 1. The van der Waals surface area contributed by atoms with Crippen LogP contribution in [-0.4, -0.2) is 55.2 Å². The van der Waals surface area contributed by atoms with Gasteiger partial charge in [0, 0.05) is 31.7 Å². The number of anilines is 1. The highest BCUT2D eigenvalue weighted by atomic mass is 16.6. The summed E-state index contributed by atoms with van der Waals surface area (Å²) < 4.78 is 10.6. The second kappa shape index (κ2) is 8.26. The van der Waals surface area contributed by atoms with Crippen LogP contribution in [0.5, 0.6) is 0 Å². The van der Waals surface area contributed by atoms with E-state index in [1.165, 1.54) is 0 Å². The molecule has 1 aliphatic rings. The number of amides is 1. The molecule has 0 aliphatic carbocycles. The third-order valence-corrected chi connectivity index (χ3v) is 3.54. The molecule has 1 amide bonds. The van der Waals surface area contributed by atoms with E-state index in [4.69, 9.17) is 9.47 Å². The van der Waals surface area contributed by atoms with Crippen LogP contribution in [0.15, 0.2) is 24.3 Å². The number of rotatable bonds is 5. The molecule has 0 bridgehead atoms. The van der Waals surface area contributed by atoms with E-state index >= 15 is 0 Å². The van der Waals surface area contributed by atoms with Gasteiger partial charge >= 0.3 is 5.97 Å². The van der Waals surface area contributed by atoms with Crippen LogP contribution in [0.4, 0.5) is 5.69 Å². The van der Waals surface area contributed by atoms with E-state index in [0.717, 1.165) is 26.3 Å². The topological polar surface area (TPSA) is 67.9 Å². The average Bonchev–Trinajstić information content (AvgIpc) is 2.52. The Morgan fingerprint density at radius 3 is 2.62 bits per heavy atom. The zero-order valence-electron chi connectivity index (χ0n) is 14.6. The molecule has 0 radical (unpaired) electrons. The lowest BCUT2D eigenvalue weighted by Gasteiger charge is -2.26. The first-order valence-electron chi connectivity index (χ1n) is 8.27. The number of carbonyl (C=O) groups excluding carboxylic acids is 2. The zero-order chi connectivity index (χ0) is 17.6. The summed E-state index contributed by atoms with van der Waals surface area (Å²) in [5.41, 5.74) is 0.482. The standard InChI is InChI=1S/C18H26N2O4/c1-18(2,3)24-17(22)14-5-4-6-15(13-14)19-16(21)7-8-20-9-11-23-12-10-20/h4-6,13H,7-12H2,1-3H3,(H,19,21). The van der Waals surface area contributed by atoms with Crippen LogP contribution in [0.25, 0.3) is 0 Å². The van der Waals surface area contributed by atoms with Crippen LogP contribution in [0.2, 0.25) is 0 Å². The van der Waals surface area contributed by atoms with Crippen LogP contribution >= 0.6 is 0 Å². The van der Waals surface area contributed by atoms with E-state index in [2.05, 4.69) is 10.2 Å². The van der Waals surface area contributed by atoms with Gasteiger partial charge in [0.15, 0.2) is 0 Å². The molecule has 0 aromatic heterocycles. The highest BCUT2D eigenvalue weighted by Crippen LogP contribution is 2.16. The molecule has 1 aromatic carbocycles. The number of carbonyl (C=O) groups is 2. The van der Waals surface area contributed by atoms with Crippen molar-refractivity contribution in [2.45, 2.75) is 32.8 Å². The van der Waals surface area contributed by atoms with Gasteiger partial charge in [-0.3, -0.25) is 9.69 Å². The number of benzene rings is 1. The van der Waals surface area contributed by atoms with E-state index in [1.807, 2.05) is 20.8 Å². The van der Waals surface area contributed by atoms with Gasteiger partial charge in [-0.1, -0.05) is 6.07 Å². The van der Waals surface area contributed by atoms with Crippen molar-refractivity contribution in [2.24, 2.45) is 0 Å². The number of hydrogen-bond donors (Lipinski definition) is 1. The number of nitrogens with one attached hydrogen (secondary N) is 1. The van der Waals surface area contributed by atoms with Crippen LogP contribution in [-0.2, 0) is 14.3 Å². The maximum atomic E-state index is 12.1. The van der Waals surface area contributed by atoms with Crippen molar-refractivity contribution >= 4 is 17.6 Å². The van der Waals surface area contributed by atoms with Crippen LogP contribution in [0, 0.1) is 0 Å². The zero-order valence-corrected chi connectivity index (χ0v) is 14.6. The summed E-state index contributed by atoms with van der Waals surface area (Å²) in [7, 11) is 0. The Morgan fingerprint density at radius 1 is 1.25 bits per heavy atom. The van der Waals surface area contributed by atoms with Gasteiger partial charge in [-0.15, -0.1) is 0 Å². The molecule has 1 N–H and O–H groups in total. The Labute approximate surface area is 143 Å². The molecule has 132 valence electrons. The maximum Gasteiger partial charge on any atom is 0.338 e. The number of esters is 1. The summed E-state index contributed by atoms with van der Waals surface area (Å²) in [4.78, 5) is 26.4. The summed E-state index contributed by atoms with van der Waals surface area (Å²) in [6.07, 6.45) is 0.413. The largest absolute Gasteiger partial charge is 0.456 e. The average molecular weight is 334 g/mol. The smallest absolute Gasteiger partial charge is 0.338 e. The highest BCUT2D eigenvalue weighted by Gasteiger charge is 2.18. The second-order valence-corrected chi connectivity index (χ2v) is 6.83. The van der Waals surface area contributed by atoms with Crippen LogP contribution in [0.3, 0.4) is 0 Å². The molecule has 6 heteroatoms. The maximum absolute atomic E-state index is 12.1. The summed E-state index contributed by atoms with van der Waals surface area (Å²) in [6.45, 7) is 9.34. The summed E-state index contributed by atoms with van der Waals surface area (Å²) in [6, 6.07) is 6.81. The first-order chi connectivity index (χ1) is 11.3. The van der Waals surface area contributed by atoms with Gasteiger partial charge in [0.05, 0.1) is 18.8 Å². The lowest BCUT2D eigenvalue weighted by molar-refractivity contribution is -0.116. The Morgan fingerprint density at radius 2 is 1.96 bits per heavy atom. The Balaban J connectivity index is 1.86. The molecule has 6 nitrogen and oxygen atoms in total. The molecule has 0 saturated carbocycles. The first kappa shape index (κ1) is 18.4. The molecule has 0 spiro atoms. The molecule has 1 aromatic rings. The first-order valence-corrected chi connectivity index (χ1v) is 8.27. The van der Waals surface area contributed by atoms with Gasteiger partial charge in [0.1, 0.15) is 5.60 Å². The highest BCUT2D eigenvalue weighted by molar-refractivity contribution is 5.94. The van der Waals surface area contributed by atoms with Gasteiger partial charge in [0.25, 0.3) is 0 Å². The predicted octanol–water partition coefficient (Wildman–Crippen LogP) is 2.30. The summed E-state index contributed by atoms with van der Waals surface area (Å²) >= 11 is 0. The van der Waals surface area contributed by atoms with Crippen molar-refractivity contribution in [3.8, 4) is 0 Å². The minimum atomic E-state index is -0.547. The third kappa shape index (κ3) is 6.29. The predicted molar refractivity (Wildman–Crippen MR) is 92.1 cm³/mol. The Hall–Kier alpha value is -1.92. The lowest BCUT2D eigenvalue weighted by Crippen LogP contribution is -2.38. The molecule has 1 heterocycles. The van der Waals surface area contributed by atoms with E-state index in [9.17, 15) is 9.59 Å². The lowest BCUT2D eigenvalue weighted by atomic mass is 10.1. The minimum absolute atomic E-state index is 0.0668. The molecular weight excluding hydrogens is 308 g/mol. The van der Waals surface area contributed by atoms with E-state index in [1.54, 1.807) is 24.3 Å². The Kier molecular flexibility index (Phi) is 6.34. The van der Waals surface area contributed by atoms with Crippen LogP contribution in [0.1, 0.15) is 37.6 Å². The fourth-order valence-corrected chi connectivity index (χ4v) is 2.37. The minimum Gasteiger partial charge on any atom is -0.456 e. The number of hydrogen-bond acceptors (Lipinski definition) is 5. The quantitative estimate of drug-likeness (QED) is 0.837. The van der Waals surface area contributed by atoms with Crippen molar-refractivity contribution in [2.75, 3.05) is 38.2 Å². The Bertz CT molecular complexity index is 575. The third-order valence-electron chi connectivity index (χ3n) is 3.54. The fraction of sp³-hybridized carbons (Fsp3) is 0.556. The molecular formula is C18H26N2O4. The van der Waals surface area contributed by atoms with Crippen molar-refractivity contribution in [1.29, 1.82) is 0 Å². The number of ether oxygens (including phenoxy) is 2. The molecule has 1 saturated heterocycles. The van der Waals surface area contributed by atoms with Crippen LogP contribution < -0.4 is 5.32 Å². The molecule has 0 unspecified atom stereocenters. The SMILES string of the molecule is CC(C)(C)OC(=O)c1cccc(NC(=O)CCN2CCOCC2)c1. The monoisotopic (exact) mass is 334 g/mol. The van der Waals surface area contributed by atoms with Gasteiger partial charge in [-0.05, 0) is 39.0 Å². The normalized spacial score (nSPS) is 15.8. The van der Waals surface area contributed by atoms with Crippen molar-refractivity contribution in [3.63, 3.8) is 0 Å². The summed E-state index contributed by atoms with van der Waals surface area (Å²) in [5.74, 6) is -0.463. The van der Waals surface area contributed by atoms with Gasteiger partial charge in [-0.2, -0.15) is 0 Å². The second-order valence-electron chi connectivity index (χ2n) is 6.83. The van der Waals surface area contributed by atoms with Crippen molar-refractivity contribution in [3.05, 3.63) is 29.8 Å².